The molecule has 5 heteroatoms. The van der Waals surface area contributed by atoms with Gasteiger partial charge in [0.2, 0.25) is 5.91 Å². The summed E-state index contributed by atoms with van der Waals surface area (Å²) in [7, 11) is 0. The quantitative estimate of drug-likeness (QED) is 0.801. The average molecular weight is 380 g/mol. The van der Waals surface area contributed by atoms with Gasteiger partial charge >= 0.3 is 5.97 Å². The molecule has 0 saturated carbocycles. The number of carboxylic acids is 1. The number of hydrogen-bond donors (Lipinski definition) is 1. The fourth-order valence-corrected chi connectivity index (χ4v) is 3.89. The topological polar surface area (TPSA) is 60.9 Å². The molecule has 0 radical (unpaired) electrons. The molecule has 0 aromatic heterocycles. The van der Waals surface area contributed by atoms with E-state index in [0.717, 1.165) is 30.5 Å². The van der Waals surface area contributed by atoms with Crippen molar-refractivity contribution in [3.8, 4) is 11.1 Å². The minimum Gasteiger partial charge on any atom is -0.480 e. The Morgan fingerprint density at radius 1 is 1.00 bits per heavy atom. The van der Waals surface area contributed by atoms with Crippen molar-refractivity contribution in [1.82, 2.24) is 9.80 Å². The lowest BCUT2D eigenvalue weighted by molar-refractivity contribution is -0.140. The van der Waals surface area contributed by atoms with E-state index < -0.39 is 5.97 Å². The molecule has 0 spiro atoms. The van der Waals surface area contributed by atoms with Gasteiger partial charge < -0.3 is 10.0 Å². The van der Waals surface area contributed by atoms with E-state index in [4.69, 9.17) is 5.11 Å². The number of benzene rings is 2. The van der Waals surface area contributed by atoms with Crippen LogP contribution in [0.25, 0.3) is 11.1 Å². The van der Waals surface area contributed by atoms with E-state index in [9.17, 15) is 9.59 Å². The maximum atomic E-state index is 12.7. The first-order chi connectivity index (χ1) is 13.6. The largest absolute Gasteiger partial charge is 0.480 e. The highest BCUT2D eigenvalue weighted by Gasteiger charge is 2.27. The Morgan fingerprint density at radius 2 is 1.61 bits per heavy atom. The molecule has 0 aliphatic carbocycles. The number of amides is 1. The summed E-state index contributed by atoms with van der Waals surface area (Å²) in [6.45, 7) is 4.17. The monoisotopic (exact) mass is 380 g/mol. The van der Waals surface area contributed by atoms with Crippen LogP contribution >= 0.6 is 0 Å². The number of piperidine rings is 1. The van der Waals surface area contributed by atoms with Gasteiger partial charge in [-0.2, -0.15) is 0 Å². The minimum absolute atomic E-state index is 0.0723. The van der Waals surface area contributed by atoms with E-state index in [0.29, 0.717) is 19.5 Å². The van der Waals surface area contributed by atoms with Gasteiger partial charge in [0.15, 0.2) is 0 Å². The molecule has 28 heavy (non-hydrogen) atoms. The fourth-order valence-electron chi connectivity index (χ4n) is 3.89. The summed E-state index contributed by atoms with van der Waals surface area (Å²) in [6.07, 6.45) is 2.08. The molecule has 148 valence electrons. The van der Waals surface area contributed by atoms with Crippen molar-refractivity contribution >= 4 is 11.9 Å². The molecule has 0 atom stereocenters. The van der Waals surface area contributed by atoms with Crippen molar-refractivity contribution in [3.63, 3.8) is 0 Å². The number of aliphatic carboxylic acids is 1. The second-order valence-electron chi connectivity index (χ2n) is 7.31. The minimum atomic E-state index is -0.792. The first-order valence-corrected chi connectivity index (χ1v) is 9.94. The summed E-state index contributed by atoms with van der Waals surface area (Å²) in [6, 6.07) is 18.6. The summed E-state index contributed by atoms with van der Waals surface area (Å²) in [4.78, 5) is 27.6. The highest BCUT2D eigenvalue weighted by atomic mass is 16.4. The van der Waals surface area contributed by atoms with Gasteiger partial charge in [0.05, 0.1) is 13.0 Å². The number of carbonyl (C=O) groups excluding carboxylic acids is 1. The fraction of sp³-hybridized carbons (Fsp3) is 0.391. The maximum Gasteiger partial charge on any atom is 0.317 e. The summed E-state index contributed by atoms with van der Waals surface area (Å²) in [5, 5.41) is 9.04. The number of likely N-dealkylation sites (tertiary alicyclic amines) is 1. The molecule has 1 aliphatic rings. The van der Waals surface area contributed by atoms with Crippen LogP contribution in [0.3, 0.4) is 0 Å². The van der Waals surface area contributed by atoms with E-state index in [1.807, 2.05) is 47.1 Å². The van der Waals surface area contributed by atoms with Gasteiger partial charge in [-0.05, 0) is 36.1 Å². The van der Waals surface area contributed by atoms with Gasteiger partial charge in [0.25, 0.3) is 0 Å². The molecule has 1 heterocycles. The highest BCUT2D eigenvalue weighted by Crippen LogP contribution is 2.21. The Balaban J connectivity index is 1.52. The summed E-state index contributed by atoms with van der Waals surface area (Å²) >= 11 is 0. The van der Waals surface area contributed by atoms with Crippen molar-refractivity contribution in [2.24, 2.45) is 0 Å². The normalized spacial score (nSPS) is 15.0. The highest BCUT2D eigenvalue weighted by molar-refractivity contribution is 5.79. The van der Waals surface area contributed by atoms with Gasteiger partial charge in [0, 0.05) is 19.1 Å². The number of hydrogen-bond acceptors (Lipinski definition) is 3. The average Bonchev–Trinajstić information content (AvgIpc) is 2.73. The van der Waals surface area contributed by atoms with Crippen LogP contribution in [0, 0.1) is 0 Å². The lowest BCUT2D eigenvalue weighted by Gasteiger charge is -2.37. The number of nitrogens with zero attached hydrogens (tertiary/aromatic N) is 2. The lowest BCUT2D eigenvalue weighted by atomic mass is 10.0. The van der Waals surface area contributed by atoms with Crippen LogP contribution < -0.4 is 0 Å². The second kappa shape index (κ2) is 9.51. The third-order valence-corrected chi connectivity index (χ3v) is 5.49. The summed E-state index contributed by atoms with van der Waals surface area (Å²) in [5.74, 6) is -0.647. The van der Waals surface area contributed by atoms with E-state index >= 15 is 0 Å². The molecule has 3 rings (SSSR count). The van der Waals surface area contributed by atoms with Gasteiger partial charge in [-0.3, -0.25) is 14.5 Å². The molecule has 2 aromatic carbocycles. The van der Waals surface area contributed by atoms with Gasteiger partial charge in [-0.1, -0.05) is 61.5 Å². The summed E-state index contributed by atoms with van der Waals surface area (Å²) in [5.41, 5.74) is 3.34. The number of likely N-dealkylation sites (N-methyl/N-ethyl adjacent to an activating group) is 1. The number of carboxylic acid groups (broad SMARTS) is 1. The van der Waals surface area contributed by atoms with Gasteiger partial charge in [-0.15, -0.1) is 0 Å². The Labute approximate surface area is 166 Å². The molecule has 0 bridgehead atoms. The zero-order chi connectivity index (χ0) is 19.9. The zero-order valence-electron chi connectivity index (χ0n) is 16.4. The van der Waals surface area contributed by atoms with E-state index in [2.05, 4.69) is 24.3 Å². The SMILES string of the molecule is CCN(CC(=O)O)C1CCN(C(=O)Cc2ccc(-c3ccccc3)cc2)CC1. The molecule has 0 unspecified atom stereocenters. The number of rotatable bonds is 7. The van der Waals surface area contributed by atoms with E-state index in [1.54, 1.807) is 0 Å². The maximum absolute atomic E-state index is 12.7. The standard InChI is InChI=1S/C23H28N2O3/c1-2-24(17-23(27)28)21-12-14-25(15-13-21)22(26)16-18-8-10-20(11-9-18)19-6-4-3-5-7-19/h3-11,21H,2,12-17H2,1H3,(H,27,28). The van der Waals surface area contributed by atoms with Crippen molar-refractivity contribution in [1.29, 1.82) is 0 Å². The smallest absolute Gasteiger partial charge is 0.317 e. The van der Waals surface area contributed by atoms with Crippen LogP contribution in [0.2, 0.25) is 0 Å². The first-order valence-electron chi connectivity index (χ1n) is 9.94. The third kappa shape index (κ3) is 5.20. The molecule has 1 amide bonds. The first kappa shape index (κ1) is 20.1. The lowest BCUT2D eigenvalue weighted by Crippen LogP contribution is -2.48. The Kier molecular flexibility index (Phi) is 6.82. The predicted molar refractivity (Wildman–Crippen MR) is 110 cm³/mol. The molecule has 1 N–H and O–H groups in total. The van der Waals surface area contributed by atoms with Crippen LogP contribution in [0.15, 0.2) is 54.6 Å². The third-order valence-electron chi connectivity index (χ3n) is 5.49. The van der Waals surface area contributed by atoms with Gasteiger partial charge in [-0.25, -0.2) is 0 Å². The van der Waals surface area contributed by atoms with E-state index in [1.165, 1.54) is 5.56 Å². The Morgan fingerprint density at radius 3 is 2.18 bits per heavy atom. The van der Waals surface area contributed by atoms with Crippen molar-refractivity contribution in [2.45, 2.75) is 32.2 Å². The molecule has 5 nitrogen and oxygen atoms in total. The van der Waals surface area contributed by atoms with Crippen LogP contribution in [0.1, 0.15) is 25.3 Å². The molecule has 1 saturated heterocycles. The van der Waals surface area contributed by atoms with E-state index in [-0.39, 0.29) is 18.5 Å². The van der Waals surface area contributed by atoms with Crippen LogP contribution in [0.4, 0.5) is 0 Å². The Hall–Kier alpha value is -2.66. The number of carbonyl (C=O) groups is 2. The predicted octanol–water partition coefficient (Wildman–Crippen LogP) is 3.29. The van der Waals surface area contributed by atoms with Crippen molar-refractivity contribution in [2.75, 3.05) is 26.2 Å². The van der Waals surface area contributed by atoms with Crippen LogP contribution in [-0.4, -0.2) is 59.0 Å². The molecule has 1 fully saturated rings. The van der Waals surface area contributed by atoms with Crippen molar-refractivity contribution in [3.05, 3.63) is 60.2 Å². The molecular formula is C23H28N2O3. The van der Waals surface area contributed by atoms with Crippen molar-refractivity contribution < 1.29 is 14.7 Å². The molecule has 1 aliphatic heterocycles. The summed E-state index contributed by atoms with van der Waals surface area (Å²) < 4.78 is 0. The molecular weight excluding hydrogens is 352 g/mol. The molecule has 2 aromatic rings. The second-order valence-corrected chi connectivity index (χ2v) is 7.31. The van der Waals surface area contributed by atoms with Crippen LogP contribution in [-0.2, 0) is 16.0 Å². The van der Waals surface area contributed by atoms with Crippen LogP contribution in [0.5, 0.6) is 0 Å². The van der Waals surface area contributed by atoms with Gasteiger partial charge in [0.1, 0.15) is 0 Å². The Bertz CT molecular complexity index is 781. The zero-order valence-corrected chi connectivity index (χ0v) is 16.4.